The lowest BCUT2D eigenvalue weighted by Crippen LogP contribution is -2.39. The molecule has 1 atom stereocenters. The summed E-state index contributed by atoms with van der Waals surface area (Å²) in [7, 11) is 2.51. The number of amides is 1. The molecular formula is C13H17ClF2N2O5. The lowest BCUT2D eigenvalue weighted by atomic mass is 10.2. The van der Waals surface area contributed by atoms with E-state index in [9.17, 15) is 18.4 Å². The maximum Gasteiger partial charge on any atom is 0.387 e. The van der Waals surface area contributed by atoms with E-state index in [0.29, 0.717) is 0 Å². The van der Waals surface area contributed by atoms with E-state index in [0.717, 1.165) is 13.2 Å². The van der Waals surface area contributed by atoms with E-state index in [1.807, 2.05) is 0 Å². The summed E-state index contributed by atoms with van der Waals surface area (Å²) in [4.78, 5) is 23.2. The molecule has 7 nitrogen and oxygen atoms in total. The van der Waals surface area contributed by atoms with Crippen LogP contribution in [-0.4, -0.2) is 45.4 Å². The maximum atomic E-state index is 12.4. The lowest BCUT2D eigenvalue weighted by Gasteiger charge is -2.15. The molecule has 0 radical (unpaired) electrons. The van der Waals surface area contributed by atoms with Crippen molar-refractivity contribution < 1.29 is 32.6 Å². The molecule has 0 fully saturated rings. The molecule has 1 aromatic carbocycles. The van der Waals surface area contributed by atoms with Crippen LogP contribution in [0.1, 0.15) is 10.4 Å². The van der Waals surface area contributed by atoms with Crippen molar-refractivity contribution in [2.24, 2.45) is 5.73 Å². The van der Waals surface area contributed by atoms with Gasteiger partial charge in [0.25, 0.3) is 0 Å². The van der Waals surface area contributed by atoms with Crippen molar-refractivity contribution in [1.82, 2.24) is 0 Å². The Morgan fingerprint density at radius 3 is 2.48 bits per heavy atom. The molecule has 0 spiro atoms. The fourth-order valence-electron chi connectivity index (χ4n) is 1.54. The highest BCUT2D eigenvalue weighted by Crippen LogP contribution is 2.28. The van der Waals surface area contributed by atoms with Crippen molar-refractivity contribution in [1.29, 1.82) is 0 Å². The number of alkyl halides is 2. The molecule has 0 saturated heterocycles. The predicted molar refractivity (Wildman–Crippen MR) is 80.1 cm³/mol. The Hall–Kier alpha value is -1.97. The molecular weight excluding hydrogens is 338 g/mol. The number of nitrogens with two attached hydrogens (primary N) is 1. The van der Waals surface area contributed by atoms with Crippen molar-refractivity contribution in [3.63, 3.8) is 0 Å². The predicted octanol–water partition coefficient (Wildman–Crippen LogP) is 1.41. The molecule has 130 valence electrons. The van der Waals surface area contributed by atoms with Crippen LogP contribution in [0.4, 0.5) is 14.5 Å². The fraction of sp³-hybridized carbons (Fsp3) is 0.385. The van der Waals surface area contributed by atoms with Gasteiger partial charge in [-0.05, 0) is 18.2 Å². The number of halogens is 3. The first-order valence-electron chi connectivity index (χ1n) is 6.11. The van der Waals surface area contributed by atoms with E-state index in [2.05, 4.69) is 14.8 Å². The molecule has 0 bridgehead atoms. The van der Waals surface area contributed by atoms with Gasteiger partial charge in [-0.15, -0.1) is 12.4 Å². The maximum absolute atomic E-state index is 12.4. The van der Waals surface area contributed by atoms with Gasteiger partial charge in [0, 0.05) is 7.11 Å². The van der Waals surface area contributed by atoms with Crippen molar-refractivity contribution >= 4 is 30.0 Å². The topological polar surface area (TPSA) is 99.9 Å². The molecule has 1 aromatic rings. The number of ether oxygens (including phenoxy) is 3. The molecule has 0 aliphatic heterocycles. The minimum absolute atomic E-state index is 0. The van der Waals surface area contributed by atoms with Crippen LogP contribution in [0.3, 0.4) is 0 Å². The molecule has 23 heavy (non-hydrogen) atoms. The van der Waals surface area contributed by atoms with E-state index in [-0.39, 0.29) is 36.0 Å². The summed E-state index contributed by atoms with van der Waals surface area (Å²) < 4.78 is 38.4. The van der Waals surface area contributed by atoms with Gasteiger partial charge < -0.3 is 25.3 Å². The summed E-state index contributed by atoms with van der Waals surface area (Å²) >= 11 is 0. The van der Waals surface area contributed by atoms with Crippen LogP contribution >= 0.6 is 12.4 Å². The normalized spacial score (nSPS) is 11.4. The summed E-state index contributed by atoms with van der Waals surface area (Å²) in [6.45, 7) is -3.17. The first kappa shape index (κ1) is 21.0. The zero-order chi connectivity index (χ0) is 16.7. The van der Waals surface area contributed by atoms with Gasteiger partial charge in [0.1, 0.15) is 11.8 Å². The van der Waals surface area contributed by atoms with E-state index in [1.54, 1.807) is 0 Å². The average molecular weight is 355 g/mol. The minimum atomic E-state index is -3.13. The standard InChI is InChI=1S/C13H16F2N2O5.ClH/c1-20-6-8(16)11(18)17-9-4-3-7(12(19)21-2)5-10(9)22-13(14)15;/h3-5,8,13H,6,16H2,1-2H3,(H,17,18);1H. The van der Waals surface area contributed by atoms with E-state index >= 15 is 0 Å². The number of anilines is 1. The highest BCUT2D eigenvalue weighted by Gasteiger charge is 2.19. The van der Waals surface area contributed by atoms with Crippen molar-refractivity contribution in [2.75, 3.05) is 26.1 Å². The van der Waals surface area contributed by atoms with Gasteiger partial charge in [0.15, 0.2) is 0 Å². The molecule has 0 aliphatic carbocycles. The van der Waals surface area contributed by atoms with E-state index in [4.69, 9.17) is 10.5 Å². The summed E-state index contributed by atoms with van der Waals surface area (Å²) in [5.41, 5.74) is 5.47. The Bertz CT molecular complexity index is 545. The molecule has 3 N–H and O–H groups in total. The van der Waals surface area contributed by atoms with Crippen LogP contribution < -0.4 is 15.8 Å². The zero-order valence-corrected chi connectivity index (χ0v) is 13.2. The van der Waals surface area contributed by atoms with Gasteiger partial charge in [-0.25, -0.2) is 4.79 Å². The van der Waals surface area contributed by atoms with Crippen LogP contribution in [0.2, 0.25) is 0 Å². The van der Waals surface area contributed by atoms with Crippen LogP contribution in [0, 0.1) is 0 Å². The van der Waals surface area contributed by atoms with E-state index in [1.165, 1.54) is 19.2 Å². The largest absolute Gasteiger partial charge is 0.465 e. The van der Waals surface area contributed by atoms with Gasteiger partial charge in [0.2, 0.25) is 5.91 Å². The summed E-state index contributed by atoms with van der Waals surface area (Å²) in [5, 5.41) is 2.33. The molecule has 0 aromatic heterocycles. The number of carbonyl (C=O) groups is 2. The second kappa shape index (κ2) is 9.93. The van der Waals surface area contributed by atoms with Gasteiger partial charge in [0.05, 0.1) is 25.0 Å². The summed E-state index contributed by atoms with van der Waals surface area (Å²) in [6.07, 6.45) is 0. The monoisotopic (exact) mass is 354 g/mol. The van der Waals surface area contributed by atoms with Crippen LogP contribution in [-0.2, 0) is 14.3 Å². The Morgan fingerprint density at radius 2 is 1.96 bits per heavy atom. The number of hydrogen-bond acceptors (Lipinski definition) is 6. The third-order valence-corrected chi connectivity index (χ3v) is 2.56. The van der Waals surface area contributed by atoms with Gasteiger partial charge in [-0.2, -0.15) is 8.78 Å². The summed E-state index contributed by atoms with van der Waals surface area (Å²) in [6, 6.07) is 2.59. The number of carbonyl (C=O) groups excluding carboxylic acids is 2. The third-order valence-electron chi connectivity index (χ3n) is 2.56. The average Bonchev–Trinajstić information content (AvgIpc) is 2.47. The minimum Gasteiger partial charge on any atom is -0.465 e. The zero-order valence-electron chi connectivity index (χ0n) is 12.4. The molecule has 1 rings (SSSR count). The molecule has 10 heteroatoms. The van der Waals surface area contributed by atoms with Gasteiger partial charge in [-0.3, -0.25) is 4.79 Å². The molecule has 0 aliphatic rings. The second-order valence-electron chi connectivity index (χ2n) is 4.13. The molecule has 0 saturated carbocycles. The summed E-state index contributed by atoms with van der Waals surface area (Å²) in [5.74, 6) is -1.75. The van der Waals surface area contributed by atoms with Crippen LogP contribution in [0.5, 0.6) is 5.75 Å². The van der Waals surface area contributed by atoms with Crippen molar-refractivity contribution in [2.45, 2.75) is 12.7 Å². The third kappa shape index (κ3) is 6.35. The van der Waals surface area contributed by atoms with Crippen molar-refractivity contribution in [3.8, 4) is 5.75 Å². The molecule has 1 unspecified atom stereocenters. The Labute approximate surface area is 137 Å². The molecule has 1 amide bonds. The smallest absolute Gasteiger partial charge is 0.387 e. The van der Waals surface area contributed by atoms with Gasteiger partial charge in [-0.1, -0.05) is 0 Å². The fourth-order valence-corrected chi connectivity index (χ4v) is 1.54. The van der Waals surface area contributed by atoms with Crippen LogP contribution in [0.25, 0.3) is 0 Å². The quantitative estimate of drug-likeness (QED) is 0.718. The number of benzene rings is 1. The Balaban J connectivity index is 0.00000484. The van der Waals surface area contributed by atoms with Gasteiger partial charge >= 0.3 is 12.6 Å². The van der Waals surface area contributed by atoms with Crippen molar-refractivity contribution in [3.05, 3.63) is 23.8 Å². The SMILES string of the molecule is COCC(N)C(=O)Nc1ccc(C(=O)OC)cc1OC(F)F.Cl. The number of rotatable bonds is 7. The first-order valence-corrected chi connectivity index (χ1v) is 6.11. The number of nitrogens with one attached hydrogen (secondary N) is 1. The second-order valence-corrected chi connectivity index (χ2v) is 4.13. The highest BCUT2D eigenvalue weighted by atomic mass is 35.5. The lowest BCUT2D eigenvalue weighted by molar-refractivity contribution is -0.118. The first-order chi connectivity index (χ1) is 10.4. The van der Waals surface area contributed by atoms with E-state index < -0.39 is 24.5 Å². The van der Waals surface area contributed by atoms with Crippen LogP contribution in [0.15, 0.2) is 18.2 Å². The highest BCUT2D eigenvalue weighted by molar-refractivity contribution is 5.97. The Kier molecular flexibility index (Phi) is 9.08. The molecule has 0 heterocycles. The number of methoxy groups -OCH3 is 2. The Morgan fingerprint density at radius 1 is 1.30 bits per heavy atom. The number of esters is 1. The number of hydrogen-bond donors (Lipinski definition) is 2.